The van der Waals surface area contributed by atoms with E-state index in [4.69, 9.17) is 21.1 Å². The number of halogens is 2. The second-order valence-corrected chi connectivity index (χ2v) is 5.65. The number of amides is 1. The molecule has 1 aromatic rings. The number of hydrogen-bond acceptors (Lipinski definition) is 4. The lowest BCUT2D eigenvalue weighted by Crippen LogP contribution is -2.37. The fourth-order valence-corrected chi connectivity index (χ4v) is 2.56. The Labute approximate surface area is 148 Å². The van der Waals surface area contributed by atoms with Gasteiger partial charge in [0, 0.05) is 18.2 Å². The fourth-order valence-electron chi connectivity index (χ4n) is 2.39. The van der Waals surface area contributed by atoms with Gasteiger partial charge in [0.1, 0.15) is 12.4 Å². The number of carbonyl (C=O) groups excluding carboxylic acids is 1. The van der Waals surface area contributed by atoms with Crippen molar-refractivity contribution in [2.75, 3.05) is 38.2 Å². The minimum Gasteiger partial charge on any atom is -0.489 e. The normalized spacial score (nSPS) is 17.2. The molecular formula is C16H24Cl2N2O3. The summed E-state index contributed by atoms with van der Waals surface area (Å²) >= 11 is 6.03. The largest absolute Gasteiger partial charge is 0.489 e. The maximum atomic E-state index is 12.3. The van der Waals surface area contributed by atoms with Crippen LogP contribution in [0.25, 0.3) is 0 Å². The Kier molecular flexibility index (Phi) is 9.33. The third-order valence-electron chi connectivity index (χ3n) is 3.56. The first-order chi connectivity index (χ1) is 10.7. The molecule has 1 amide bonds. The first kappa shape index (κ1) is 20.0. The van der Waals surface area contributed by atoms with Crippen molar-refractivity contribution in [3.05, 3.63) is 23.2 Å². The van der Waals surface area contributed by atoms with Gasteiger partial charge in [-0.25, -0.2) is 0 Å². The van der Waals surface area contributed by atoms with E-state index in [0.29, 0.717) is 42.8 Å². The number of carbonyl (C=O) groups is 1. The van der Waals surface area contributed by atoms with Crippen LogP contribution in [0.1, 0.15) is 19.8 Å². The SMILES string of the molecule is CCOCCOc1ccc(Cl)cc1NC(=O)C1CCCNC1.Cl. The summed E-state index contributed by atoms with van der Waals surface area (Å²) in [6.07, 6.45) is 1.92. The molecule has 0 saturated carbocycles. The van der Waals surface area contributed by atoms with Gasteiger partial charge in [-0.3, -0.25) is 4.79 Å². The molecule has 0 radical (unpaired) electrons. The lowest BCUT2D eigenvalue weighted by molar-refractivity contribution is -0.120. The lowest BCUT2D eigenvalue weighted by atomic mass is 9.99. The quantitative estimate of drug-likeness (QED) is 0.731. The van der Waals surface area contributed by atoms with E-state index >= 15 is 0 Å². The van der Waals surface area contributed by atoms with Crippen LogP contribution in [0.4, 0.5) is 5.69 Å². The molecule has 0 aromatic heterocycles. The first-order valence-corrected chi connectivity index (χ1v) is 8.10. The van der Waals surface area contributed by atoms with E-state index in [-0.39, 0.29) is 24.2 Å². The summed E-state index contributed by atoms with van der Waals surface area (Å²) in [7, 11) is 0. The molecule has 1 unspecified atom stereocenters. The minimum atomic E-state index is -0.0102. The van der Waals surface area contributed by atoms with Gasteiger partial charge in [0.15, 0.2) is 0 Å². The molecule has 0 bridgehead atoms. The van der Waals surface area contributed by atoms with E-state index in [1.165, 1.54) is 0 Å². The molecule has 0 spiro atoms. The van der Waals surface area contributed by atoms with Crippen LogP contribution >= 0.6 is 24.0 Å². The Balaban J connectivity index is 0.00000264. The molecule has 1 saturated heterocycles. The van der Waals surface area contributed by atoms with Gasteiger partial charge in [-0.2, -0.15) is 0 Å². The van der Waals surface area contributed by atoms with Crippen LogP contribution < -0.4 is 15.4 Å². The lowest BCUT2D eigenvalue weighted by Gasteiger charge is -2.22. The molecule has 130 valence electrons. The summed E-state index contributed by atoms with van der Waals surface area (Å²) in [5, 5.41) is 6.74. The smallest absolute Gasteiger partial charge is 0.228 e. The van der Waals surface area contributed by atoms with Gasteiger partial charge < -0.3 is 20.1 Å². The Morgan fingerprint density at radius 2 is 2.26 bits per heavy atom. The Morgan fingerprint density at radius 1 is 1.43 bits per heavy atom. The monoisotopic (exact) mass is 362 g/mol. The van der Waals surface area contributed by atoms with E-state index in [1.807, 2.05) is 6.92 Å². The van der Waals surface area contributed by atoms with Gasteiger partial charge in [-0.05, 0) is 44.5 Å². The average Bonchev–Trinajstić information content (AvgIpc) is 2.54. The molecular weight excluding hydrogens is 339 g/mol. The van der Waals surface area contributed by atoms with Crippen molar-refractivity contribution in [3.63, 3.8) is 0 Å². The van der Waals surface area contributed by atoms with Crippen molar-refractivity contribution in [2.24, 2.45) is 5.92 Å². The summed E-state index contributed by atoms with van der Waals surface area (Å²) in [4.78, 5) is 12.3. The highest BCUT2D eigenvalue weighted by Crippen LogP contribution is 2.29. The van der Waals surface area contributed by atoms with Gasteiger partial charge in [0.2, 0.25) is 5.91 Å². The molecule has 1 atom stereocenters. The van der Waals surface area contributed by atoms with Crippen LogP contribution in [0.3, 0.4) is 0 Å². The van der Waals surface area contributed by atoms with E-state index in [9.17, 15) is 4.79 Å². The molecule has 1 aromatic carbocycles. The molecule has 7 heteroatoms. The summed E-state index contributed by atoms with van der Waals surface area (Å²) in [6.45, 7) is 5.23. The van der Waals surface area contributed by atoms with Crippen LogP contribution in [0.2, 0.25) is 5.02 Å². The maximum Gasteiger partial charge on any atom is 0.228 e. The summed E-state index contributed by atoms with van der Waals surface area (Å²) in [5.74, 6) is 0.606. The van der Waals surface area contributed by atoms with Gasteiger partial charge in [-0.15, -0.1) is 12.4 Å². The predicted molar refractivity (Wildman–Crippen MR) is 94.9 cm³/mol. The number of benzene rings is 1. The van der Waals surface area contributed by atoms with Gasteiger partial charge >= 0.3 is 0 Å². The highest BCUT2D eigenvalue weighted by molar-refractivity contribution is 6.31. The number of anilines is 1. The highest BCUT2D eigenvalue weighted by Gasteiger charge is 2.22. The van der Waals surface area contributed by atoms with Crippen LogP contribution in [0.5, 0.6) is 5.75 Å². The maximum absolute atomic E-state index is 12.3. The van der Waals surface area contributed by atoms with E-state index in [1.54, 1.807) is 18.2 Å². The van der Waals surface area contributed by atoms with Gasteiger partial charge in [-0.1, -0.05) is 11.6 Å². The number of rotatable bonds is 7. The molecule has 1 fully saturated rings. The molecule has 23 heavy (non-hydrogen) atoms. The second kappa shape index (κ2) is 10.7. The fraction of sp³-hybridized carbons (Fsp3) is 0.562. The molecule has 5 nitrogen and oxygen atoms in total. The number of ether oxygens (including phenoxy) is 2. The molecule has 1 aliphatic heterocycles. The molecule has 1 aliphatic rings. The topological polar surface area (TPSA) is 59.6 Å². The van der Waals surface area contributed by atoms with Crippen molar-refractivity contribution in [1.82, 2.24) is 5.32 Å². The second-order valence-electron chi connectivity index (χ2n) is 5.22. The van der Waals surface area contributed by atoms with Crippen LogP contribution in [0.15, 0.2) is 18.2 Å². The van der Waals surface area contributed by atoms with Crippen LogP contribution in [0, 0.1) is 5.92 Å². The summed E-state index contributed by atoms with van der Waals surface area (Å²) in [5.41, 5.74) is 0.611. The Morgan fingerprint density at radius 3 is 2.96 bits per heavy atom. The Hall–Kier alpha value is -1.01. The number of piperidine rings is 1. The summed E-state index contributed by atoms with van der Waals surface area (Å²) < 4.78 is 10.9. The van der Waals surface area contributed by atoms with E-state index in [2.05, 4.69) is 10.6 Å². The van der Waals surface area contributed by atoms with Crippen molar-refractivity contribution < 1.29 is 14.3 Å². The van der Waals surface area contributed by atoms with Crippen LogP contribution in [-0.4, -0.2) is 38.8 Å². The average molecular weight is 363 g/mol. The van der Waals surface area contributed by atoms with Crippen molar-refractivity contribution in [1.29, 1.82) is 0 Å². The van der Waals surface area contributed by atoms with Crippen molar-refractivity contribution in [3.8, 4) is 5.75 Å². The third kappa shape index (κ3) is 6.55. The van der Waals surface area contributed by atoms with Crippen molar-refractivity contribution >= 4 is 35.6 Å². The first-order valence-electron chi connectivity index (χ1n) is 7.72. The molecule has 0 aliphatic carbocycles. The summed E-state index contributed by atoms with van der Waals surface area (Å²) in [6, 6.07) is 5.23. The third-order valence-corrected chi connectivity index (χ3v) is 3.79. The molecule has 2 N–H and O–H groups in total. The number of nitrogens with one attached hydrogen (secondary N) is 2. The molecule has 1 heterocycles. The Bertz CT molecular complexity index is 494. The predicted octanol–water partition coefficient (Wildman–Crippen LogP) is 3.12. The van der Waals surface area contributed by atoms with Crippen LogP contribution in [-0.2, 0) is 9.53 Å². The van der Waals surface area contributed by atoms with E-state index < -0.39 is 0 Å². The zero-order valence-corrected chi connectivity index (χ0v) is 14.8. The highest BCUT2D eigenvalue weighted by atomic mass is 35.5. The zero-order valence-electron chi connectivity index (χ0n) is 13.3. The minimum absolute atomic E-state index is 0. The van der Waals surface area contributed by atoms with Crippen molar-refractivity contribution in [2.45, 2.75) is 19.8 Å². The molecule has 2 rings (SSSR count). The zero-order chi connectivity index (χ0) is 15.8. The standard InChI is InChI=1S/C16H23ClN2O3.ClH/c1-2-21-8-9-22-15-6-5-13(17)10-14(15)19-16(20)12-4-3-7-18-11-12;/h5-6,10,12,18H,2-4,7-9,11H2,1H3,(H,19,20);1H. The van der Waals surface area contributed by atoms with E-state index in [0.717, 1.165) is 19.4 Å². The van der Waals surface area contributed by atoms with Gasteiger partial charge in [0.25, 0.3) is 0 Å². The van der Waals surface area contributed by atoms with Gasteiger partial charge in [0.05, 0.1) is 18.2 Å². The number of hydrogen-bond donors (Lipinski definition) is 2.